The summed E-state index contributed by atoms with van der Waals surface area (Å²) in [5.74, 6) is -0.226. The number of pyridine rings is 1. The summed E-state index contributed by atoms with van der Waals surface area (Å²) >= 11 is 3.71. The maximum absolute atomic E-state index is 12.1. The minimum absolute atomic E-state index is 0.0877. The van der Waals surface area contributed by atoms with Gasteiger partial charge in [-0.15, -0.1) is 0 Å². The molecule has 0 saturated carbocycles. The molecule has 0 aliphatic heterocycles. The van der Waals surface area contributed by atoms with Gasteiger partial charge in [0, 0.05) is 11.8 Å². The van der Waals surface area contributed by atoms with Gasteiger partial charge in [-0.1, -0.05) is 43.0 Å². The van der Waals surface area contributed by atoms with Crippen LogP contribution in [0.5, 0.6) is 0 Å². The third-order valence-electron chi connectivity index (χ3n) is 2.29. The van der Waals surface area contributed by atoms with Crippen LogP contribution in [-0.4, -0.2) is 15.9 Å². The lowest BCUT2D eigenvalue weighted by Crippen LogP contribution is -2.08. The Morgan fingerprint density at radius 1 is 1.00 bits per heavy atom. The number of thiol groups is 1. The fraction of sp³-hybridized carbons (Fsp3) is 0. The van der Waals surface area contributed by atoms with Crippen molar-refractivity contribution in [2.24, 2.45) is 0 Å². The Bertz CT molecular complexity index is 567. The Labute approximate surface area is 104 Å². The molecule has 0 aliphatic rings. The molecule has 17 heavy (non-hydrogen) atoms. The van der Waals surface area contributed by atoms with Crippen molar-refractivity contribution in [1.29, 1.82) is 0 Å². The van der Waals surface area contributed by atoms with Crippen molar-refractivity contribution < 1.29 is 9.59 Å². The molecular formula is C13H9NO2S. The largest absolute Gasteiger partial charge is 0.289 e. The summed E-state index contributed by atoms with van der Waals surface area (Å²) in [6, 6.07) is 12.0. The van der Waals surface area contributed by atoms with Crippen LogP contribution in [0.4, 0.5) is 0 Å². The lowest BCUT2D eigenvalue weighted by atomic mass is 10.0. The Morgan fingerprint density at radius 2 is 1.71 bits per heavy atom. The van der Waals surface area contributed by atoms with Crippen LogP contribution in [0.3, 0.4) is 0 Å². The molecule has 0 bridgehead atoms. The van der Waals surface area contributed by atoms with Gasteiger partial charge in [-0.25, -0.2) is 0 Å². The van der Waals surface area contributed by atoms with Gasteiger partial charge in [0.25, 0.3) is 0 Å². The van der Waals surface area contributed by atoms with Crippen molar-refractivity contribution in [2.75, 3.05) is 0 Å². The quantitative estimate of drug-likeness (QED) is 0.665. The first-order valence-corrected chi connectivity index (χ1v) is 5.43. The van der Waals surface area contributed by atoms with Crippen molar-refractivity contribution in [3.05, 3.63) is 65.5 Å². The van der Waals surface area contributed by atoms with Crippen LogP contribution in [0.25, 0.3) is 0 Å². The van der Waals surface area contributed by atoms with E-state index in [1.54, 1.807) is 36.4 Å². The van der Waals surface area contributed by atoms with E-state index in [0.29, 0.717) is 5.56 Å². The second kappa shape index (κ2) is 4.93. The van der Waals surface area contributed by atoms with Gasteiger partial charge in [0.15, 0.2) is 5.78 Å². The Balaban J connectivity index is 2.48. The highest BCUT2D eigenvalue weighted by atomic mass is 32.1. The number of carbonyl (C=O) groups excluding carboxylic acids is 2. The van der Waals surface area contributed by atoms with E-state index in [2.05, 4.69) is 17.6 Å². The predicted molar refractivity (Wildman–Crippen MR) is 67.4 cm³/mol. The molecule has 2 aromatic rings. The van der Waals surface area contributed by atoms with Gasteiger partial charge in [0.05, 0.1) is 5.56 Å². The fourth-order valence-corrected chi connectivity index (χ4v) is 1.68. The molecule has 0 unspecified atom stereocenters. The van der Waals surface area contributed by atoms with Gasteiger partial charge in [-0.05, 0) is 12.1 Å². The van der Waals surface area contributed by atoms with Crippen LogP contribution in [0, 0.1) is 0 Å². The standard InChI is InChI=1S/C13H9NO2S/c15-12(9-5-2-1-3-6-9)10-7-4-8-14-11(10)13(16)17/h1-8H,(H,16,17). The van der Waals surface area contributed by atoms with Gasteiger partial charge in [0.2, 0.25) is 5.12 Å². The number of hydrogen-bond donors (Lipinski definition) is 1. The molecule has 0 aliphatic carbocycles. The smallest absolute Gasteiger partial charge is 0.235 e. The van der Waals surface area contributed by atoms with Crippen LogP contribution in [-0.2, 0) is 0 Å². The van der Waals surface area contributed by atoms with E-state index in [1.807, 2.05) is 6.07 Å². The van der Waals surface area contributed by atoms with E-state index in [1.165, 1.54) is 6.20 Å². The van der Waals surface area contributed by atoms with Gasteiger partial charge in [0.1, 0.15) is 5.69 Å². The highest BCUT2D eigenvalue weighted by Crippen LogP contribution is 2.14. The van der Waals surface area contributed by atoms with Crippen molar-refractivity contribution in [3.63, 3.8) is 0 Å². The molecule has 3 nitrogen and oxygen atoms in total. The molecule has 4 heteroatoms. The summed E-state index contributed by atoms with van der Waals surface area (Å²) in [6.45, 7) is 0. The van der Waals surface area contributed by atoms with Gasteiger partial charge in [-0.3, -0.25) is 14.6 Å². The highest BCUT2D eigenvalue weighted by Gasteiger charge is 2.16. The van der Waals surface area contributed by atoms with Crippen LogP contribution in [0.1, 0.15) is 26.4 Å². The van der Waals surface area contributed by atoms with Gasteiger partial charge in [-0.2, -0.15) is 0 Å². The summed E-state index contributed by atoms with van der Waals surface area (Å²) in [7, 11) is 0. The third kappa shape index (κ3) is 2.42. The molecule has 0 radical (unpaired) electrons. The fourth-order valence-electron chi connectivity index (χ4n) is 1.50. The summed E-state index contributed by atoms with van der Waals surface area (Å²) in [6.07, 6.45) is 1.46. The predicted octanol–water partition coefficient (Wildman–Crippen LogP) is 2.38. The highest BCUT2D eigenvalue weighted by molar-refractivity contribution is 7.97. The van der Waals surface area contributed by atoms with Crippen LogP contribution < -0.4 is 0 Å². The molecule has 0 amide bonds. The van der Waals surface area contributed by atoms with E-state index in [0.717, 1.165) is 0 Å². The molecule has 0 fully saturated rings. The number of benzene rings is 1. The van der Waals surface area contributed by atoms with Crippen molar-refractivity contribution >= 4 is 23.5 Å². The second-order valence-corrected chi connectivity index (χ2v) is 3.81. The third-order valence-corrected chi connectivity index (χ3v) is 2.50. The molecule has 0 spiro atoms. The first-order chi connectivity index (χ1) is 8.20. The van der Waals surface area contributed by atoms with Gasteiger partial charge < -0.3 is 0 Å². The first kappa shape index (κ1) is 11.5. The Kier molecular flexibility index (Phi) is 3.35. The van der Waals surface area contributed by atoms with E-state index >= 15 is 0 Å². The molecule has 2 rings (SSSR count). The zero-order valence-corrected chi connectivity index (χ0v) is 9.72. The van der Waals surface area contributed by atoms with Crippen LogP contribution in [0.2, 0.25) is 0 Å². The number of hydrogen-bond acceptors (Lipinski definition) is 3. The van der Waals surface area contributed by atoms with E-state index < -0.39 is 5.12 Å². The summed E-state index contributed by atoms with van der Waals surface area (Å²) in [5.41, 5.74) is 0.889. The molecule has 1 heterocycles. The minimum Gasteiger partial charge on any atom is -0.289 e. The zero-order chi connectivity index (χ0) is 12.3. The lowest BCUT2D eigenvalue weighted by Gasteiger charge is -2.04. The maximum Gasteiger partial charge on any atom is 0.235 e. The summed E-state index contributed by atoms with van der Waals surface area (Å²) in [4.78, 5) is 27.3. The first-order valence-electron chi connectivity index (χ1n) is 4.98. The number of ketones is 1. The van der Waals surface area contributed by atoms with E-state index in [9.17, 15) is 9.59 Å². The van der Waals surface area contributed by atoms with Crippen molar-refractivity contribution in [3.8, 4) is 0 Å². The molecule has 84 valence electrons. The molecule has 0 N–H and O–H groups in total. The maximum atomic E-state index is 12.1. The summed E-state index contributed by atoms with van der Waals surface area (Å²) in [5, 5.41) is -0.509. The monoisotopic (exact) mass is 243 g/mol. The number of rotatable bonds is 3. The lowest BCUT2D eigenvalue weighted by molar-refractivity contribution is 0.102. The molecule has 1 aromatic heterocycles. The second-order valence-electron chi connectivity index (χ2n) is 3.40. The van der Waals surface area contributed by atoms with E-state index in [-0.39, 0.29) is 17.0 Å². The molecule has 0 atom stereocenters. The van der Waals surface area contributed by atoms with Crippen molar-refractivity contribution in [2.45, 2.75) is 0 Å². The molecule has 1 aromatic carbocycles. The van der Waals surface area contributed by atoms with Crippen LogP contribution >= 0.6 is 12.6 Å². The molecule has 0 saturated heterocycles. The number of aromatic nitrogens is 1. The van der Waals surface area contributed by atoms with E-state index in [4.69, 9.17) is 0 Å². The topological polar surface area (TPSA) is 47.0 Å². The SMILES string of the molecule is O=C(c1ccccc1)c1cccnc1C(=O)S. The van der Waals surface area contributed by atoms with Crippen LogP contribution in [0.15, 0.2) is 48.7 Å². The number of carbonyl (C=O) groups is 2. The zero-order valence-electron chi connectivity index (χ0n) is 8.83. The average Bonchev–Trinajstić information content (AvgIpc) is 2.39. The normalized spacial score (nSPS) is 9.94. The van der Waals surface area contributed by atoms with Gasteiger partial charge >= 0.3 is 0 Å². The Hall–Kier alpha value is -1.94. The Morgan fingerprint density at radius 3 is 2.35 bits per heavy atom. The number of nitrogens with zero attached hydrogens (tertiary/aromatic N) is 1. The minimum atomic E-state index is -0.509. The average molecular weight is 243 g/mol. The molecular weight excluding hydrogens is 234 g/mol. The van der Waals surface area contributed by atoms with Crippen molar-refractivity contribution in [1.82, 2.24) is 4.98 Å². The summed E-state index contributed by atoms with van der Waals surface area (Å²) < 4.78 is 0.